The Kier molecular flexibility index (Phi) is 5.01. The second kappa shape index (κ2) is 6.60. The molecule has 26 heavy (non-hydrogen) atoms. The van der Waals surface area contributed by atoms with Crippen LogP contribution in [0.3, 0.4) is 0 Å². The van der Waals surface area contributed by atoms with E-state index in [9.17, 15) is 29.7 Å². The smallest absolute Gasteiger partial charge is 0.479 e. The average Bonchev–Trinajstić information content (AvgIpc) is 2.53. The molecule has 2 rings (SSSR count). The first-order valence-electron chi connectivity index (χ1n) is 8.35. The third kappa shape index (κ3) is 3.12. The number of rotatable bonds is 3. The van der Waals surface area contributed by atoms with E-state index in [4.69, 9.17) is 0 Å². The molecule has 8 heteroatoms. The number of carbonyl (C=O) groups is 3. The van der Waals surface area contributed by atoms with Gasteiger partial charge in [-0.15, -0.1) is 0 Å². The number of piperazine rings is 1. The molecule has 0 spiro atoms. The lowest BCUT2D eigenvalue weighted by Crippen LogP contribution is -2.79. The van der Waals surface area contributed by atoms with E-state index in [0.29, 0.717) is 5.56 Å². The molecule has 1 saturated heterocycles. The minimum Gasteiger partial charge on any atom is -0.479 e. The monoisotopic (exact) mass is 365 g/mol. The van der Waals surface area contributed by atoms with E-state index in [-0.39, 0.29) is 26.1 Å². The minimum absolute atomic E-state index is 0.00888. The van der Waals surface area contributed by atoms with Crippen LogP contribution < -0.4 is 0 Å². The summed E-state index contributed by atoms with van der Waals surface area (Å²) >= 11 is 0. The summed E-state index contributed by atoms with van der Waals surface area (Å²) in [5.41, 5.74) is -2.02. The highest BCUT2D eigenvalue weighted by molar-refractivity contribution is 5.85. The molecule has 1 unspecified atom stereocenters. The summed E-state index contributed by atoms with van der Waals surface area (Å²) in [5, 5.41) is 29.6. The third-order valence-electron chi connectivity index (χ3n) is 5.37. The van der Waals surface area contributed by atoms with Crippen LogP contribution >= 0.6 is 0 Å². The van der Waals surface area contributed by atoms with Gasteiger partial charge in [-0.1, -0.05) is 30.3 Å². The second-order valence-corrected chi connectivity index (χ2v) is 7.74. The van der Waals surface area contributed by atoms with Gasteiger partial charge in [-0.2, -0.15) is 4.79 Å². The van der Waals surface area contributed by atoms with Crippen LogP contribution in [-0.4, -0.2) is 73.6 Å². The van der Waals surface area contributed by atoms with Gasteiger partial charge in [-0.3, -0.25) is 4.90 Å². The van der Waals surface area contributed by atoms with Gasteiger partial charge in [0, 0.05) is 6.42 Å². The number of carboxylic acids is 1. The van der Waals surface area contributed by atoms with Gasteiger partial charge >= 0.3 is 18.2 Å². The molecule has 8 nitrogen and oxygen atoms in total. The Morgan fingerprint density at radius 1 is 1.12 bits per heavy atom. The highest BCUT2D eigenvalue weighted by atomic mass is 16.4. The highest BCUT2D eigenvalue weighted by Crippen LogP contribution is 2.37. The summed E-state index contributed by atoms with van der Waals surface area (Å²) in [5.74, 6) is -1.34. The molecule has 0 radical (unpaired) electrons. The first kappa shape index (κ1) is 19.7. The van der Waals surface area contributed by atoms with Crippen molar-refractivity contribution in [1.29, 1.82) is 0 Å². The van der Waals surface area contributed by atoms with E-state index in [0.717, 1.165) is 4.90 Å². The zero-order valence-corrected chi connectivity index (χ0v) is 15.2. The van der Waals surface area contributed by atoms with Gasteiger partial charge < -0.3 is 15.3 Å². The zero-order chi connectivity index (χ0) is 19.8. The summed E-state index contributed by atoms with van der Waals surface area (Å²) in [6.07, 6.45) is -2.61. The number of amides is 2. The predicted octanol–water partition coefficient (Wildman–Crippen LogP) is 2.34. The van der Waals surface area contributed by atoms with Crippen molar-refractivity contribution in [2.75, 3.05) is 19.6 Å². The molecule has 1 aromatic carbocycles. The Morgan fingerprint density at radius 2 is 1.69 bits per heavy atom. The van der Waals surface area contributed by atoms with E-state index < -0.39 is 33.7 Å². The Labute approximate surface area is 151 Å². The topological polar surface area (TPSA) is 115 Å². The van der Waals surface area contributed by atoms with Crippen LogP contribution in [0.4, 0.5) is 9.59 Å². The van der Waals surface area contributed by atoms with Gasteiger partial charge in [0.25, 0.3) is 0 Å². The highest BCUT2D eigenvalue weighted by Gasteiger charge is 2.63. The van der Waals surface area contributed by atoms with E-state index in [1.54, 1.807) is 51.1 Å². The molecule has 0 aromatic heterocycles. The van der Waals surface area contributed by atoms with Crippen LogP contribution in [0.25, 0.3) is 0 Å². The number of quaternary nitrogens is 1. The van der Waals surface area contributed by atoms with Gasteiger partial charge in [0.2, 0.25) is 0 Å². The van der Waals surface area contributed by atoms with E-state index in [1.807, 2.05) is 0 Å². The molecule has 3 N–H and O–H groups in total. The van der Waals surface area contributed by atoms with Crippen LogP contribution in [0.5, 0.6) is 0 Å². The maximum Gasteiger partial charge on any atom is 0.514 e. The lowest BCUT2D eigenvalue weighted by atomic mass is 9.83. The van der Waals surface area contributed by atoms with Crippen molar-refractivity contribution in [3.8, 4) is 0 Å². The molecule has 1 aliphatic heterocycles. The number of carboxylic acid groups (broad SMARTS) is 3. The molecule has 0 saturated carbocycles. The lowest BCUT2D eigenvalue weighted by Gasteiger charge is -2.54. The SMILES string of the molecule is CC(C)(C)[N+]1(C(=O)O)CCN(C(=O)O)[C@](Cc2ccccc2)(C(=O)O)C1. The number of hydrogen-bond donors (Lipinski definition) is 3. The van der Waals surface area contributed by atoms with Crippen molar-refractivity contribution in [3.63, 3.8) is 0 Å². The molecule has 0 aliphatic carbocycles. The van der Waals surface area contributed by atoms with Gasteiger partial charge in [0.05, 0.1) is 6.54 Å². The standard InChI is InChI=1S/C18H24N2O6/c1-17(2,3)20(16(25)26)10-9-19(15(23)24)18(12-20,14(21)22)11-13-7-5-4-6-8-13/h4-8H,9-12H2,1-3H3,(H2-,21,22,23,24,25,26)/p+1/t18-,20?/m0/s1. The van der Waals surface area contributed by atoms with Crippen molar-refractivity contribution in [1.82, 2.24) is 4.90 Å². The zero-order valence-electron chi connectivity index (χ0n) is 15.2. The van der Waals surface area contributed by atoms with Crippen LogP contribution in [0.15, 0.2) is 30.3 Å². The van der Waals surface area contributed by atoms with E-state index in [2.05, 4.69) is 0 Å². The fourth-order valence-electron chi connectivity index (χ4n) is 3.74. The molecule has 142 valence electrons. The number of aliphatic carboxylic acids is 1. The summed E-state index contributed by atoms with van der Waals surface area (Å²) in [4.78, 5) is 37.2. The lowest BCUT2D eigenvalue weighted by molar-refractivity contribution is -0.912. The molecule has 1 fully saturated rings. The predicted molar refractivity (Wildman–Crippen MR) is 93.0 cm³/mol. The fraction of sp³-hybridized carbons (Fsp3) is 0.500. The maximum atomic E-state index is 12.3. The summed E-state index contributed by atoms with van der Waals surface area (Å²) in [6, 6.07) is 8.68. The van der Waals surface area contributed by atoms with Crippen LogP contribution in [0, 0.1) is 0 Å². The molecule has 1 aromatic rings. The van der Waals surface area contributed by atoms with Crippen LogP contribution in [0.2, 0.25) is 0 Å². The summed E-state index contributed by atoms with van der Waals surface area (Å²) in [6.45, 7) is 4.68. The second-order valence-electron chi connectivity index (χ2n) is 7.74. The van der Waals surface area contributed by atoms with Crippen molar-refractivity contribution < 1.29 is 34.2 Å². The van der Waals surface area contributed by atoms with E-state index >= 15 is 0 Å². The van der Waals surface area contributed by atoms with Crippen molar-refractivity contribution in [3.05, 3.63) is 35.9 Å². The molecule has 1 heterocycles. The first-order chi connectivity index (χ1) is 12.0. The molecule has 2 atom stereocenters. The first-order valence-corrected chi connectivity index (χ1v) is 8.35. The number of nitrogens with zero attached hydrogens (tertiary/aromatic N) is 2. The van der Waals surface area contributed by atoms with Crippen molar-refractivity contribution >= 4 is 18.2 Å². The largest absolute Gasteiger partial charge is 0.514 e. The molecule has 2 amide bonds. The quantitative estimate of drug-likeness (QED) is 0.708. The molecule has 0 bridgehead atoms. The Bertz CT molecular complexity index is 714. The molecule has 1 aliphatic rings. The van der Waals surface area contributed by atoms with Gasteiger partial charge in [0.15, 0.2) is 5.54 Å². The van der Waals surface area contributed by atoms with E-state index in [1.165, 1.54) is 0 Å². The van der Waals surface area contributed by atoms with Crippen LogP contribution in [0.1, 0.15) is 26.3 Å². The van der Waals surface area contributed by atoms with Crippen LogP contribution in [-0.2, 0) is 11.2 Å². The fourth-order valence-corrected chi connectivity index (χ4v) is 3.74. The maximum absolute atomic E-state index is 12.3. The minimum atomic E-state index is -1.86. The Balaban J connectivity index is 2.63. The summed E-state index contributed by atoms with van der Waals surface area (Å²) in [7, 11) is 0. The Hall–Kier alpha value is -2.61. The van der Waals surface area contributed by atoms with Crippen molar-refractivity contribution in [2.45, 2.75) is 38.3 Å². The summed E-state index contributed by atoms with van der Waals surface area (Å²) < 4.78 is -0.518. The average molecular weight is 365 g/mol. The Morgan fingerprint density at radius 3 is 2.12 bits per heavy atom. The number of benzene rings is 1. The molecular weight excluding hydrogens is 340 g/mol. The van der Waals surface area contributed by atoms with Crippen molar-refractivity contribution in [2.24, 2.45) is 0 Å². The number of hydrogen-bond acceptors (Lipinski definition) is 3. The normalized spacial score (nSPS) is 26.3. The third-order valence-corrected chi connectivity index (χ3v) is 5.37. The van der Waals surface area contributed by atoms with Gasteiger partial charge in [-0.25, -0.2) is 14.1 Å². The van der Waals surface area contributed by atoms with Gasteiger partial charge in [0.1, 0.15) is 18.6 Å². The molecular formula is C18H25N2O6+. The van der Waals surface area contributed by atoms with Gasteiger partial charge in [-0.05, 0) is 26.3 Å².